The third-order valence-corrected chi connectivity index (χ3v) is 5.12. The molecule has 1 unspecified atom stereocenters. The van der Waals surface area contributed by atoms with E-state index in [1.54, 1.807) is 13.0 Å². The van der Waals surface area contributed by atoms with E-state index in [0.717, 1.165) is 0 Å². The molecule has 2 saturated carbocycles. The topological polar surface area (TPSA) is 63.2 Å². The van der Waals surface area contributed by atoms with Crippen molar-refractivity contribution in [3.63, 3.8) is 0 Å². The van der Waals surface area contributed by atoms with Crippen molar-refractivity contribution in [3.8, 4) is 0 Å². The molecule has 2 aliphatic carbocycles. The van der Waals surface area contributed by atoms with Gasteiger partial charge in [0.05, 0.1) is 10.7 Å². The molecule has 0 heterocycles. The highest BCUT2D eigenvalue weighted by Crippen LogP contribution is 2.53. The summed E-state index contributed by atoms with van der Waals surface area (Å²) < 4.78 is 25.2. The van der Waals surface area contributed by atoms with Gasteiger partial charge in [0.2, 0.25) is 15.9 Å². The first-order valence-electron chi connectivity index (χ1n) is 5.09. The average molecular weight is 229 g/mol. The summed E-state index contributed by atoms with van der Waals surface area (Å²) in [5, 5.41) is -0.342. The van der Waals surface area contributed by atoms with E-state index in [1.807, 2.05) is 0 Å². The SMILES string of the molecule is C=CC1C[C@]1(C)C(=O)NS(=O)(=O)C1CC1. The van der Waals surface area contributed by atoms with Crippen LogP contribution in [0.1, 0.15) is 26.2 Å². The van der Waals surface area contributed by atoms with Crippen LogP contribution in [0.5, 0.6) is 0 Å². The smallest absolute Gasteiger partial charge is 0.239 e. The van der Waals surface area contributed by atoms with Gasteiger partial charge in [-0.05, 0) is 25.2 Å². The van der Waals surface area contributed by atoms with E-state index in [4.69, 9.17) is 0 Å². The summed E-state index contributed by atoms with van der Waals surface area (Å²) in [6.07, 6.45) is 3.75. The molecule has 84 valence electrons. The number of nitrogens with one attached hydrogen (secondary N) is 1. The molecule has 1 amide bonds. The van der Waals surface area contributed by atoms with Crippen molar-refractivity contribution >= 4 is 15.9 Å². The highest BCUT2D eigenvalue weighted by Gasteiger charge is 2.55. The minimum Gasteiger partial charge on any atom is -0.273 e. The van der Waals surface area contributed by atoms with Gasteiger partial charge in [0.1, 0.15) is 0 Å². The standard InChI is InChI=1S/C10H15NO3S/c1-3-7-6-10(7,2)9(12)11-15(13,14)8-4-5-8/h3,7-8H,1,4-6H2,2H3,(H,11,12)/t7?,10-/m0/s1. The zero-order valence-electron chi connectivity index (χ0n) is 8.69. The fourth-order valence-corrected chi connectivity index (χ4v) is 3.12. The number of sulfonamides is 1. The van der Waals surface area contributed by atoms with Crippen molar-refractivity contribution in [2.75, 3.05) is 0 Å². The molecular weight excluding hydrogens is 214 g/mol. The van der Waals surface area contributed by atoms with E-state index in [0.29, 0.717) is 19.3 Å². The van der Waals surface area contributed by atoms with Gasteiger partial charge >= 0.3 is 0 Å². The lowest BCUT2D eigenvalue weighted by atomic mass is 10.1. The Morgan fingerprint density at radius 2 is 2.13 bits per heavy atom. The van der Waals surface area contributed by atoms with Crippen molar-refractivity contribution < 1.29 is 13.2 Å². The highest BCUT2D eigenvalue weighted by molar-refractivity contribution is 7.90. The first-order valence-corrected chi connectivity index (χ1v) is 6.63. The van der Waals surface area contributed by atoms with Crippen LogP contribution in [-0.2, 0) is 14.8 Å². The molecule has 4 nitrogen and oxygen atoms in total. The molecular formula is C10H15NO3S. The average Bonchev–Trinajstić information content (AvgIpc) is 2.97. The Hall–Kier alpha value is -0.840. The number of hydrogen-bond donors (Lipinski definition) is 1. The van der Waals surface area contributed by atoms with E-state index in [9.17, 15) is 13.2 Å². The molecule has 2 fully saturated rings. The number of rotatable bonds is 4. The maximum absolute atomic E-state index is 11.7. The van der Waals surface area contributed by atoms with Crippen molar-refractivity contribution in [2.24, 2.45) is 11.3 Å². The molecule has 0 bridgehead atoms. The fraction of sp³-hybridized carbons (Fsp3) is 0.700. The van der Waals surface area contributed by atoms with Gasteiger partial charge in [-0.15, -0.1) is 6.58 Å². The van der Waals surface area contributed by atoms with Crippen molar-refractivity contribution in [1.82, 2.24) is 4.72 Å². The molecule has 2 aliphatic rings. The molecule has 0 aromatic heterocycles. The van der Waals surface area contributed by atoms with E-state index in [1.165, 1.54) is 0 Å². The minimum atomic E-state index is -3.39. The summed E-state index contributed by atoms with van der Waals surface area (Å²) in [5.41, 5.74) is -0.552. The molecule has 0 aromatic rings. The van der Waals surface area contributed by atoms with Crippen molar-refractivity contribution in [1.29, 1.82) is 0 Å². The normalized spacial score (nSPS) is 34.6. The van der Waals surface area contributed by atoms with Gasteiger partial charge in [0.15, 0.2) is 0 Å². The van der Waals surface area contributed by atoms with Crippen LogP contribution in [0.3, 0.4) is 0 Å². The molecule has 0 radical (unpaired) electrons. The fourth-order valence-electron chi connectivity index (χ4n) is 1.71. The second-order valence-corrected chi connectivity index (χ2v) is 6.60. The Bertz CT molecular complexity index is 410. The Kier molecular flexibility index (Phi) is 2.19. The summed E-state index contributed by atoms with van der Waals surface area (Å²) >= 11 is 0. The van der Waals surface area contributed by atoms with Crippen LogP contribution in [0.4, 0.5) is 0 Å². The molecule has 2 atom stereocenters. The highest BCUT2D eigenvalue weighted by atomic mass is 32.2. The van der Waals surface area contributed by atoms with Crippen LogP contribution in [-0.4, -0.2) is 19.6 Å². The lowest BCUT2D eigenvalue weighted by molar-refractivity contribution is -0.124. The van der Waals surface area contributed by atoms with Crippen LogP contribution in [0.2, 0.25) is 0 Å². The molecule has 0 aliphatic heterocycles. The third kappa shape index (κ3) is 1.80. The quantitative estimate of drug-likeness (QED) is 0.725. The van der Waals surface area contributed by atoms with Crippen LogP contribution < -0.4 is 4.72 Å². The summed E-state index contributed by atoms with van der Waals surface area (Å²) in [4.78, 5) is 11.7. The maximum Gasteiger partial charge on any atom is 0.239 e. The van der Waals surface area contributed by atoms with Gasteiger partial charge in [-0.2, -0.15) is 0 Å². The zero-order chi connectivity index (χ0) is 11.3. The molecule has 15 heavy (non-hydrogen) atoms. The summed E-state index contributed by atoms with van der Waals surface area (Å²) in [6.45, 7) is 5.39. The summed E-state index contributed by atoms with van der Waals surface area (Å²) in [5.74, 6) is -0.258. The van der Waals surface area contributed by atoms with Gasteiger partial charge in [-0.3, -0.25) is 9.52 Å². The van der Waals surface area contributed by atoms with E-state index < -0.39 is 15.4 Å². The second-order valence-electron chi connectivity index (χ2n) is 4.64. The van der Waals surface area contributed by atoms with Crippen LogP contribution >= 0.6 is 0 Å². The lowest BCUT2D eigenvalue weighted by Crippen LogP contribution is -2.38. The van der Waals surface area contributed by atoms with Gasteiger partial charge in [-0.25, -0.2) is 8.42 Å². The number of amides is 1. The first-order chi connectivity index (χ1) is 6.90. The van der Waals surface area contributed by atoms with E-state index in [-0.39, 0.29) is 17.1 Å². The maximum atomic E-state index is 11.7. The Balaban J connectivity index is 2.02. The Morgan fingerprint density at radius 3 is 2.53 bits per heavy atom. The molecule has 0 spiro atoms. The van der Waals surface area contributed by atoms with Crippen LogP contribution in [0, 0.1) is 11.3 Å². The van der Waals surface area contributed by atoms with Gasteiger partial charge in [0.25, 0.3) is 0 Å². The van der Waals surface area contributed by atoms with Gasteiger partial charge < -0.3 is 0 Å². The molecule has 5 heteroatoms. The number of allylic oxidation sites excluding steroid dienone is 1. The van der Waals surface area contributed by atoms with Crippen molar-refractivity contribution in [2.45, 2.75) is 31.4 Å². The largest absolute Gasteiger partial charge is 0.273 e. The van der Waals surface area contributed by atoms with Crippen LogP contribution in [0.15, 0.2) is 12.7 Å². The molecule has 0 saturated heterocycles. The predicted molar refractivity (Wildman–Crippen MR) is 56.5 cm³/mol. The van der Waals surface area contributed by atoms with Crippen LogP contribution in [0.25, 0.3) is 0 Å². The van der Waals surface area contributed by atoms with Gasteiger partial charge in [-0.1, -0.05) is 13.0 Å². The summed E-state index contributed by atoms with van der Waals surface area (Å²) in [7, 11) is -3.39. The number of hydrogen-bond acceptors (Lipinski definition) is 3. The van der Waals surface area contributed by atoms with Gasteiger partial charge in [0, 0.05) is 0 Å². The first kappa shape index (κ1) is 10.7. The zero-order valence-corrected chi connectivity index (χ0v) is 9.51. The van der Waals surface area contributed by atoms with E-state index >= 15 is 0 Å². The molecule has 1 N–H and O–H groups in total. The number of carbonyl (C=O) groups is 1. The minimum absolute atomic E-state index is 0.118. The van der Waals surface area contributed by atoms with Crippen molar-refractivity contribution in [3.05, 3.63) is 12.7 Å². The van der Waals surface area contributed by atoms with E-state index in [2.05, 4.69) is 11.3 Å². The lowest BCUT2D eigenvalue weighted by Gasteiger charge is -2.10. The molecule has 2 rings (SSSR count). The molecule has 0 aromatic carbocycles. The Morgan fingerprint density at radius 1 is 1.53 bits per heavy atom. The second kappa shape index (κ2) is 3.07. The predicted octanol–water partition coefficient (Wildman–Crippen LogP) is 0.807. The number of carbonyl (C=O) groups excluding carboxylic acids is 1. The monoisotopic (exact) mass is 229 g/mol. The third-order valence-electron chi connectivity index (χ3n) is 3.30. The summed E-state index contributed by atoms with van der Waals surface area (Å²) in [6, 6.07) is 0. The Labute approximate surface area is 89.8 Å².